The fourth-order valence-electron chi connectivity index (χ4n) is 0.915. The van der Waals surface area contributed by atoms with Gasteiger partial charge in [-0.25, -0.2) is 0 Å². The van der Waals surface area contributed by atoms with Crippen molar-refractivity contribution >= 4 is 35.5 Å². The van der Waals surface area contributed by atoms with Crippen molar-refractivity contribution in [3.63, 3.8) is 0 Å². The third-order valence-electron chi connectivity index (χ3n) is 1.69. The molecule has 0 aromatic heterocycles. The minimum absolute atomic E-state index is 0. The zero-order chi connectivity index (χ0) is 8.69. The van der Waals surface area contributed by atoms with E-state index in [0.29, 0.717) is 6.42 Å². The number of carbonyl (C=O) groups is 1. The maximum absolute atomic E-state index is 10.2. The molecule has 0 fully saturated rings. The van der Waals surface area contributed by atoms with Crippen molar-refractivity contribution in [2.45, 2.75) is 45.1 Å². The Morgan fingerprint density at radius 2 is 2.00 bits per heavy atom. The Morgan fingerprint density at radius 1 is 1.42 bits per heavy atom. The molecule has 0 heterocycles. The van der Waals surface area contributed by atoms with Crippen LogP contribution in [-0.2, 0) is 4.79 Å². The first-order chi connectivity index (χ1) is 5.18. The average Bonchev–Trinajstić information content (AvgIpc) is 1.97. The van der Waals surface area contributed by atoms with Crippen molar-refractivity contribution in [2.75, 3.05) is 0 Å². The summed E-state index contributed by atoms with van der Waals surface area (Å²) in [4.78, 5) is 10.2. The van der Waals surface area contributed by atoms with Crippen LogP contribution in [0.1, 0.15) is 39.0 Å². The second-order valence-corrected chi connectivity index (χ2v) is 2.79. The molecule has 12 heavy (non-hydrogen) atoms. The van der Waals surface area contributed by atoms with Crippen molar-refractivity contribution in [1.29, 1.82) is 0 Å². The molecule has 3 N–H and O–H groups in total. The van der Waals surface area contributed by atoms with Crippen LogP contribution in [0, 0.1) is 0 Å². The van der Waals surface area contributed by atoms with Crippen LogP contribution in [-0.4, -0.2) is 46.7 Å². The third-order valence-corrected chi connectivity index (χ3v) is 1.69. The quantitative estimate of drug-likeness (QED) is 0.471. The van der Waals surface area contributed by atoms with Crippen LogP contribution in [0.4, 0.5) is 0 Å². The first-order valence-electron chi connectivity index (χ1n) is 4.17. The molecule has 0 bridgehead atoms. The molecule has 3 nitrogen and oxygen atoms in total. The van der Waals surface area contributed by atoms with Crippen molar-refractivity contribution in [2.24, 2.45) is 5.73 Å². The van der Waals surface area contributed by atoms with E-state index in [9.17, 15) is 4.79 Å². The molecule has 0 amide bonds. The second kappa shape index (κ2) is 9.52. The third kappa shape index (κ3) is 8.53. The number of hydrogen-bond acceptors (Lipinski definition) is 2. The molecule has 68 valence electrons. The Hall–Kier alpha value is 0.430. The first kappa shape index (κ1) is 14.9. The summed E-state index contributed by atoms with van der Waals surface area (Å²) in [6.07, 6.45) is 4.97. The van der Waals surface area contributed by atoms with Crippen molar-refractivity contribution in [3.8, 4) is 0 Å². The van der Waals surface area contributed by atoms with Gasteiger partial charge < -0.3 is 10.8 Å². The average molecular weight is 183 g/mol. The monoisotopic (exact) mass is 183 g/mol. The van der Waals surface area contributed by atoms with Gasteiger partial charge in [0.1, 0.15) is 6.04 Å². The zero-order valence-electron chi connectivity index (χ0n) is 7.05. The molecule has 0 aliphatic rings. The molecule has 0 spiro atoms. The first-order valence-corrected chi connectivity index (χ1v) is 4.17. The SMILES string of the molecule is CCCCCC[C@@H](N)C(=O)O.[NaH]. The molecule has 0 aromatic rings. The molecule has 0 rings (SSSR count). The minimum atomic E-state index is -0.888. The van der Waals surface area contributed by atoms with Gasteiger partial charge in [0, 0.05) is 0 Å². The van der Waals surface area contributed by atoms with Crippen LogP contribution in [0.15, 0.2) is 0 Å². The van der Waals surface area contributed by atoms with E-state index in [1.165, 1.54) is 12.8 Å². The number of rotatable bonds is 6. The van der Waals surface area contributed by atoms with Gasteiger partial charge >= 0.3 is 35.5 Å². The standard InChI is InChI=1S/C8H17NO2.Na.H/c1-2-3-4-5-6-7(9)8(10)11;;/h7H,2-6,9H2,1H3,(H,10,11);;/t7-;;/m1../s1. The predicted molar refractivity (Wildman–Crippen MR) is 51.5 cm³/mol. The van der Waals surface area contributed by atoms with Gasteiger partial charge in [0.15, 0.2) is 0 Å². The summed E-state index contributed by atoms with van der Waals surface area (Å²) in [6, 6.07) is -0.660. The molecule has 0 aliphatic carbocycles. The molecule has 0 aliphatic heterocycles. The van der Waals surface area contributed by atoms with Crippen molar-refractivity contribution in [1.82, 2.24) is 0 Å². The Labute approximate surface area is 96.0 Å². The van der Waals surface area contributed by atoms with E-state index < -0.39 is 12.0 Å². The molecular formula is C8H18NNaO2. The van der Waals surface area contributed by atoms with Gasteiger partial charge in [-0.15, -0.1) is 0 Å². The Kier molecular flexibility index (Phi) is 11.8. The Balaban J connectivity index is 0. The summed E-state index contributed by atoms with van der Waals surface area (Å²) in [7, 11) is 0. The summed E-state index contributed by atoms with van der Waals surface area (Å²) in [5.41, 5.74) is 5.30. The topological polar surface area (TPSA) is 63.3 Å². The second-order valence-electron chi connectivity index (χ2n) is 2.79. The van der Waals surface area contributed by atoms with E-state index in [1.807, 2.05) is 0 Å². The molecule has 4 heteroatoms. The number of nitrogens with two attached hydrogens (primary N) is 1. The summed E-state index contributed by atoms with van der Waals surface area (Å²) in [5, 5.41) is 8.41. The molecular weight excluding hydrogens is 165 g/mol. The summed E-state index contributed by atoms with van der Waals surface area (Å²) in [5.74, 6) is -0.888. The van der Waals surface area contributed by atoms with E-state index in [0.717, 1.165) is 12.8 Å². The van der Waals surface area contributed by atoms with Gasteiger partial charge in [0.2, 0.25) is 0 Å². The van der Waals surface area contributed by atoms with Crippen LogP contribution < -0.4 is 5.73 Å². The van der Waals surface area contributed by atoms with Crippen LogP contribution in [0.2, 0.25) is 0 Å². The molecule has 0 saturated carbocycles. The van der Waals surface area contributed by atoms with E-state index >= 15 is 0 Å². The van der Waals surface area contributed by atoms with Crippen molar-refractivity contribution < 1.29 is 9.90 Å². The molecule has 0 aromatic carbocycles. The summed E-state index contributed by atoms with van der Waals surface area (Å²) in [6.45, 7) is 2.12. The molecule has 1 atom stereocenters. The number of carboxylic acid groups (broad SMARTS) is 1. The fourth-order valence-corrected chi connectivity index (χ4v) is 0.915. The van der Waals surface area contributed by atoms with Crippen molar-refractivity contribution in [3.05, 3.63) is 0 Å². The van der Waals surface area contributed by atoms with Crippen LogP contribution in [0.3, 0.4) is 0 Å². The van der Waals surface area contributed by atoms with E-state index in [4.69, 9.17) is 10.8 Å². The van der Waals surface area contributed by atoms with E-state index in [2.05, 4.69) is 6.92 Å². The van der Waals surface area contributed by atoms with E-state index in [-0.39, 0.29) is 29.6 Å². The summed E-state index contributed by atoms with van der Waals surface area (Å²) >= 11 is 0. The number of hydrogen-bond donors (Lipinski definition) is 2. The van der Waals surface area contributed by atoms with Gasteiger partial charge in [-0.3, -0.25) is 4.79 Å². The molecule has 0 unspecified atom stereocenters. The van der Waals surface area contributed by atoms with Crippen LogP contribution in [0.25, 0.3) is 0 Å². The van der Waals surface area contributed by atoms with E-state index in [1.54, 1.807) is 0 Å². The predicted octanol–water partition coefficient (Wildman–Crippen LogP) is 0.720. The molecule has 0 saturated heterocycles. The van der Waals surface area contributed by atoms with Gasteiger partial charge in [0.25, 0.3) is 0 Å². The number of aliphatic carboxylic acids is 1. The van der Waals surface area contributed by atoms with Crippen LogP contribution in [0.5, 0.6) is 0 Å². The number of unbranched alkanes of at least 4 members (excludes halogenated alkanes) is 3. The Morgan fingerprint density at radius 3 is 2.42 bits per heavy atom. The van der Waals surface area contributed by atoms with Crippen LogP contribution >= 0.6 is 0 Å². The zero-order valence-corrected chi connectivity index (χ0v) is 7.05. The van der Waals surface area contributed by atoms with Gasteiger partial charge in [0.05, 0.1) is 0 Å². The van der Waals surface area contributed by atoms with Gasteiger partial charge in [-0.2, -0.15) is 0 Å². The van der Waals surface area contributed by atoms with Gasteiger partial charge in [-0.05, 0) is 6.42 Å². The Bertz CT molecular complexity index is 120. The number of carboxylic acids is 1. The maximum atomic E-state index is 10.2. The normalized spacial score (nSPS) is 11.8. The van der Waals surface area contributed by atoms with Gasteiger partial charge in [-0.1, -0.05) is 32.6 Å². The fraction of sp³-hybridized carbons (Fsp3) is 0.875. The molecule has 0 radical (unpaired) electrons. The summed E-state index contributed by atoms with van der Waals surface area (Å²) < 4.78 is 0.